The third-order valence-corrected chi connectivity index (χ3v) is 3.99. The molecule has 1 aromatic heterocycles. The number of hydrogen-bond donors (Lipinski definition) is 0. The lowest BCUT2D eigenvalue weighted by molar-refractivity contribution is -0.0756. The Morgan fingerprint density at radius 3 is 2.24 bits per heavy atom. The number of ether oxygens (including phenoxy) is 2. The van der Waals surface area contributed by atoms with E-state index >= 15 is 0 Å². The maximum atomic E-state index is 12.6. The van der Waals surface area contributed by atoms with Crippen molar-refractivity contribution in [3.63, 3.8) is 0 Å². The number of carbonyl (C=O) groups is 1. The van der Waals surface area contributed by atoms with Gasteiger partial charge in [-0.05, 0) is 42.5 Å². The Kier molecular flexibility index (Phi) is 4.63. The summed E-state index contributed by atoms with van der Waals surface area (Å²) < 4.78 is 16.4. The van der Waals surface area contributed by atoms with Crippen LogP contribution in [0.5, 0.6) is 11.5 Å². The molecule has 130 valence electrons. The van der Waals surface area contributed by atoms with Gasteiger partial charge in [-0.1, -0.05) is 0 Å². The first-order valence-electron chi connectivity index (χ1n) is 7.65. The van der Waals surface area contributed by atoms with Crippen LogP contribution in [0.15, 0.2) is 46.9 Å². The first-order chi connectivity index (χ1) is 12.1. The average Bonchev–Trinajstić information content (AvgIpc) is 3.09. The van der Waals surface area contributed by atoms with Crippen LogP contribution < -0.4 is 9.47 Å². The minimum Gasteiger partial charge on any atom is -0.497 e. The number of carbonyl (C=O) groups excluding carboxylic acids is 1. The van der Waals surface area contributed by atoms with Crippen molar-refractivity contribution in [1.82, 2.24) is 5.06 Å². The topological polar surface area (TPSA) is 61.1 Å². The zero-order chi connectivity index (χ0) is 18.0. The zero-order valence-electron chi connectivity index (χ0n) is 14.5. The van der Waals surface area contributed by atoms with Crippen LogP contribution >= 0.6 is 0 Å². The van der Waals surface area contributed by atoms with Crippen molar-refractivity contribution in [2.75, 3.05) is 28.4 Å². The van der Waals surface area contributed by atoms with Gasteiger partial charge in [0.25, 0.3) is 5.91 Å². The SMILES string of the molecule is COc1ccc(-c2cc3cc(OC)cc(C(=O)N(C)OC)c3o2)cc1. The summed E-state index contributed by atoms with van der Waals surface area (Å²) in [5, 5.41) is 1.92. The van der Waals surface area contributed by atoms with Crippen molar-refractivity contribution >= 4 is 16.9 Å². The van der Waals surface area contributed by atoms with Gasteiger partial charge in [-0.3, -0.25) is 9.63 Å². The molecule has 0 N–H and O–H groups in total. The van der Waals surface area contributed by atoms with Gasteiger partial charge >= 0.3 is 0 Å². The molecule has 3 aromatic rings. The summed E-state index contributed by atoms with van der Waals surface area (Å²) in [5.74, 6) is 1.67. The molecule has 0 spiro atoms. The second-order valence-corrected chi connectivity index (χ2v) is 5.42. The summed E-state index contributed by atoms with van der Waals surface area (Å²) in [6, 6.07) is 12.9. The fourth-order valence-corrected chi connectivity index (χ4v) is 2.55. The van der Waals surface area contributed by atoms with E-state index in [0.29, 0.717) is 22.7 Å². The molecular formula is C19H19NO5. The summed E-state index contributed by atoms with van der Waals surface area (Å²) >= 11 is 0. The largest absolute Gasteiger partial charge is 0.497 e. The first kappa shape index (κ1) is 16.9. The molecular weight excluding hydrogens is 322 g/mol. The number of rotatable bonds is 5. The Balaban J connectivity index is 2.13. The van der Waals surface area contributed by atoms with E-state index in [0.717, 1.165) is 21.8 Å². The van der Waals surface area contributed by atoms with Gasteiger partial charge in [0.2, 0.25) is 0 Å². The maximum Gasteiger partial charge on any atom is 0.281 e. The van der Waals surface area contributed by atoms with Crippen LogP contribution in [0.25, 0.3) is 22.3 Å². The molecule has 0 radical (unpaired) electrons. The average molecular weight is 341 g/mol. The minimum atomic E-state index is -0.318. The molecule has 0 fully saturated rings. The van der Waals surface area contributed by atoms with Crippen LogP contribution in [0, 0.1) is 0 Å². The number of hydroxylamine groups is 2. The number of nitrogens with zero attached hydrogens (tertiary/aromatic N) is 1. The number of furan rings is 1. The molecule has 0 aliphatic heterocycles. The van der Waals surface area contributed by atoms with Crippen molar-refractivity contribution in [1.29, 1.82) is 0 Å². The van der Waals surface area contributed by atoms with Crippen LogP contribution in [0.1, 0.15) is 10.4 Å². The normalized spacial score (nSPS) is 10.7. The third-order valence-electron chi connectivity index (χ3n) is 3.99. The van der Waals surface area contributed by atoms with Gasteiger partial charge in [0.15, 0.2) is 0 Å². The second kappa shape index (κ2) is 6.86. The monoisotopic (exact) mass is 341 g/mol. The maximum absolute atomic E-state index is 12.6. The molecule has 6 nitrogen and oxygen atoms in total. The molecule has 0 atom stereocenters. The Hall–Kier alpha value is -2.99. The molecule has 0 aliphatic rings. The van der Waals surface area contributed by atoms with Crippen molar-refractivity contribution in [2.24, 2.45) is 0 Å². The van der Waals surface area contributed by atoms with Crippen molar-refractivity contribution in [2.45, 2.75) is 0 Å². The van der Waals surface area contributed by atoms with Crippen LogP contribution in [0.2, 0.25) is 0 Å². The number of methoxy groups -OCH3 is 2. The molecule has 25 heavy (non-hydrogen) atoms. The Labute approximate surface area is 145 Å². The molecule has 0 bridgehead atoms. The molecule has 0 saturated heterocycles. The fourth-order valence-electron chi connectivity index (χ4n) is 2.55. The van der Waals surface area contributed by atoms with Gasteiger partial charge in [0.05, 0.1) is 26.9 Å². The predicted molar refractivity (Wildman–Crippen MR) is 93.9 cm³/mol. The third kappa shape index (κ3) is 3.16. The smallest absolute Gasteiger partial charge is 0.281 e. The van der Waals surface area contributed by atoms with Crippen molar-refractivity contribution < 1.29 is 23.5 Å². The summed E-state index contributed by atoms with van der Waals surface area (Å²) in [6.07, 6.45) is 0. The van der Waals surface area contributed by atoms with Crippen LogP contribution in [-0.2, 0) is 4.84 Å². The second-order valence-electron chi connectivity index (χ2n) is 5.42. The molecule has 6 heteroatoms. The highest BCUT2D eigenvalue weighted by molar-refractivity contribution is 6.06. The Morgan fingerprint density at radius 2 is 1.64 bits per heavy atom. The Bertz CT molecular complexity index is 898. The molecule has 2 aromatic carbocycles. The summed E-state index contributed by atoms with van der Waals surface area (Å²) in [5.41, 5.74) is 1.74. The molecule has 1 amide bonds. The van der Waals surface area contributed by atoms with Crippen LogP contribution in [-0.4, -0.2) is 39.3 Å². The number of hydrogen-bond acceptors (Lipinski definition) is 5. The van der Waals surface area contributed by atoms with Gasteiger partial charge < -0.3 is 13.9 Å². The zero-order valence-corrected chi connectivity index (χ0v) is 14.5. The quantitative estimate of drug-likeness (QED) is 0.662. The van der Waals surface area contributed by atoms with E-state index in [9.17, 15) is 4.79 Å². The van der Waals surface area contributed by atoms with E-state index in [1.165, 1.54) is 7.11 Å². The highest BCUT2D eigenvalue weighted by Gasteiger charge is 2.20. The van der Waals surface area contributed by atoms with E-state index in [1.54, 1.807) is 27.3 Å². The van der Waals surface area contributed by atoms with Crippen LogP contribution in [0.4, 0.5) is 0 Å². The standard InChI is InChI=1S/C19H19NO5/c1-20(24-4)19(21)16-11-15(23-3)9-13-10-17(25-18(13)16)12-5-7-14(22-2)8-6-12/h5-11H,1-4H3. The molecule has 0 aliphatic carbocycles. The van der Waals surface area contributed by atoms with E-state index < -0.39 is 0 Å². The first-order valence-corrected chi connectivity index (χ1v) is 7.65. The highest BCUT2D eigenvalue weighted by Crippen LogP contribution is 2.34. The van der Waals surface area contributed by atoms with Gasteiger partial charge in [-0.15, -0.1) is 0 Å². The lowest BCUT2D eigenvalue weighted by Crippen LogP contribution is -2.25. The van der Waals surface area contributed by atoms with Gasteiger partial charge in [-0.2, -0.15) is 0 Å². The van der Waals surface area contributed by atoms with Crippen molar-refractivity contribution in [3.8, 4) is 22.8 Å². The Morgan fingerprint density at radius 1 is 0.960 bits per heavy atom. The van der Waals surface area contributed by atoms with Crippen molar-refractivity contribution in [3.05, 3.63) is 48.0 Å². The van der Waals surface area contributed by atoms with Gasteiger partial charge in [-0.25, -0.2) is 5.06 Å². The summed E-state index contributed by atoms with van der Waals surface area (Å²) in [7, 11) is 6.15. The molecule has 0 unspecified atom stereocenters. The highest BCUT2D eigenvalue weighted by atomic mass is 16.7. The van der Waals surface area contributed by atoms with Gasteiger partial charge in [0, 0.05) is 18.0 Å². The summed E-state index contributed by atoms with van der Waals surface area (Å²) in [4.78, 5) is 17.5. The molecule has 3 rings (SSSR count). The molecule has 1 heterocycles. The van der Waals surface area contributed by atoms with E-state index in [1.807, 2.05) is 36.4 Å². The number of amides is 1. The minimum absolute atomic E-state index is 0.318. The van der Waals surface area contributed by atoms with E-state index in [4.69, 9.17) is 18.7 Å². The van der Waals surface area contributed by atoms with Crippen LogP contribution in [0.3, 0.4) is 0 Å². The molecule has 0 saturated carbocycles. The lowest BCUT2D eigenvalue weighted by atomic mass is 10.1. The predicted octanol–water partition coefficient (Wildman–Crippen LogP) is 3.75. The lowest BCUT2D eigenvalue weighted by Gasteiger charge is -2.14. The van der Waals surface area contributed by atoms with E-state index in [2.05, 4.69) is 0 Å². The number of fused-ring (bicyclic) bond motifs is 1. The summed E-state index contributed by atoms with van der Waals surface area (Å²) in [6.45, 7) is 0. The van der Waals surface area contributed by atoms with Gasteiger partial charge in [0.1, 0.15) is 22.8 Å². The fraction of sp³-hybridized carbons (Fsp3) is 0.211. The number of benzene rings is 2. The van der Waals surface area contributed by atoms with E-state index in [-0.39, 0.29) is 5.91 Å².